The zero-order chi connectivity index (χ0) is 19.0. The molecule has 0 aromatic carbocycles. The number of fused-ring (bicyclic) bond motifs is 3. The third kappa shape index (κ3) is 2.77. The number of aryl methyl sites for hydroxylation is 2. The van der Waals surface area contributed by atoms with Crippen LogP contribution >= 0.6 is 0 Å². The molecule has 26 heavy (non-hydrogen) atoms. The maximum absolute atomic E-state index is 12.1. The van der Waals surface area contributed by atoms with Gasteiger partial charge in [0.15, 0.2) is 11.5 Å². The fraction of sp³-hybridized carbons (Fsp3) is 0.389. The molecule has 0 unspecified atom stereocenters. The summed E-state index contributed by atoms with van der Waals surface area (Å²) >= 11 is 0. The van der Waals surface area contributed by atoms with E-state index in [2.05, 4.69) is 21.9 Å². The highest BCUT2D eigenvalue weighted by molar-refractivity contribution is 6.15. The van der Waals surface area contributed by atoms with Gasteiger partial charge < -0.3 is 4.74 Å². The molecule has 136 valence electrons. The van der Waals surface area contributed by atoms with Crippen LogP contribution in [0.15, 0.2) is 12.1 Å². The Bertz CT molecular complexity index is 1010. The molecule has 8 nitrogen and oxygen atoms in total. The van der Waals surface area contributed by atoms with Crippen molar-refractivity contribution in [1.82, 2.24) is 19.4 Å². The molecule has 0 bridgehead atoms. The second-order valence-electron chi connectivity index (χ2n) is 6.05. The SMILES string of the molecule is CCCc1nc(C)c2c(N(C(C)=O)C(C)=O)nc3ccc(OC)nc3n12. The molecule has 3 aromatic heterocycles. The van der Waals surface area contributed by atoms with Crippen molar-refractivity contribution in [2.45, 2.75) is 40.5 Å². The van der Waals surface area contributed by atoms with Crippen molar-refractivity contribution in [2.24, 2.45) is 0 Å². The summed E-state index contributed by atoms with van der Waals surface area (Å²) < 4.78 is 7.11. The molecule has 3 heterocycles. The van der Waals surface area contributed by atoms with Crippen LogP contribution in [0, 0.1) is 6.92 Å². The van der Waals surface area contributed by atoms with E-state index >= 15 is 0 Å². The van der Waals surface area contributed by atoms with Gasteiger partial charge in [-0.05, 0) is 19.4 Å². The molecule has 0 aliphatic heterocycles. The Morgan fingerprint density at radius 2 is 1.85 bits per heavy atom. The summed E-state index contributed by atoms with van der Waals surface area (Å²) in [5, 5.41) is 0. The predicted molar refractivity (Wildman–Crippen MR) is 97.4 cm³/mol. The summed E-state index contributed by atoms with van der Waals surface area (Å²) in [6.07, 6.45) is 1.62. The van der Waals surface area contributed by atoms with Crippen molar-refractivity contribution in [2.75, 3.05) is 12.0 Å². The zero-order valence-electron chi connectivity index (χ0n) is 15.5. The molecule has 0 atom stereocenters. The molecule has 2 amide bonds. The van der Waals surface area contributed by atoms with Gasteiger partial charge in [0.05, 0.1) is 12.8 Å². The van der Waals surface area contributed by atoms with Crippen LogP contribution in [0.5, 0.6) is 5.88 Å². The predicted octanol–water partition coefficient (Wildman–Crippen LogP) is 2.45. The monoisotopic (exact) mass is 355 g/mol. The first-order valence-corrected chi connectivity index (χ1v) is 8.43. The maximum Gasteiger partial charge on any atom is 0.231 e. The number of nitrogens with zero attached hydrogens (tertiary/aromatic N) is 5. The lowest BCUT2D eigenvalue weighted by Crippen LogP contribution is -2.34. The summed E-state index contributed by atoms with van der Waals surface area (Å²) in [4.78, 5) is 39.0. The van der Waals surface area contributed by atoms with Gasteiger partial charge in [0.2, 0.25) is 17.7 Å². The number of methoxy groups -OCH3 is 1. The van der Waals surface area contributed by atoms with Crippen molar-refractivity contribution in [3.05, 3.63) is 23.7 Å². The van der Waals surface area contributed by atoms with E-state index in [1.165, 1.54) is 13.8 Å². The molecular formula is C18H21N5O3. The molecule has 0 fully saturated rings. The fourth-order valence-electron chi connectivity index (χ4n) is 3.10. The number of anilines is 1. The Labute approximate surface area is 150 Å². The number of rotatable bonds is 4. The quantitative estimate of drug-likeness (QED) is 0.714. The highest BCUT2D eigenvalue weighted by Gasteiger charge is 2.26. The molecule has 0 aliphatic rings. The van der Waals surface area contributed by atoms with E-state index in [0.717, 1.165) is 23.6 Å². The zero-order valence-corrected chi connectivity index (χ0v) is 15.5. The fourth-order valence-corrected chi connectivity index (χ4v) is 3.10. The Balaban J connectivity index is 2.49. The molecule has 0 N–H and O–H groups in total. The van der Waals surface area contributed by atoms with E-state index in [4.69, 9.17) is 4.74 Å². The number of imidazole rings is 1. The molecule has 3 rings (SSSR count). The smallest absolute Gasteiger partial charge is 0.231 e. The van der Waals surface area contributed by atoms with E-state index in [0.29, 0.717) is 28.3 Å². The number of amides is 2. The van der Waals surface area contributed by atoms with Gasteiger partial charge in [-0.2, -0.15) is 4.98 Å². The minimum atomic E-state index is -0.398. The third-order valence-corrected chi connectivity index (χ3v) is 4.12. The Morgan fingerprint density at radius 1 is 1.15 bits per heavy atom. The molecule has 0 radical (unpaired) electrons. The molecule has 0 aliphatic carbocycles. The number of carbonyl (C=O) groups is 2. The summed E-state index contributed by atoms with van der Waals surface area (Å²) in [6.45, 7) is 6.58. The van der Waals surface area contributed by atoms with Crippen LogP contribution in [0.25, 0.3) is 16.7 Å². The number of pyridine rings is 1. The number of imide groups is 1. The lowest BCUT2D eigenvalue weighted by Gasteiger charge is -2.19. The van der Waals surface area contributed by atoms with E-state index in [1.807, 2.05) is 11.3 Å². The van der Waals surface area contributed by atoms with E-state index in [1.54, 1.807) is 19.2 Å². The van der Waals surface area contributed by atoms with Crippen molar-refractivity contribution in [1.29, 1.82) is 0 Å². The van der Waals surface area contributed by atoms with Crippen LogP contribution in [0.2, 0.25) is 0 Å². The van der Waals surface area contributed by atoms with Crippen molar-refractivity contribution in [3.8, 4) is 5.88 Å². The van der Waals surface area contributed by atoms with E-state index < -0.39 is 11.8 Å². The van der Waals surface area contributed by atoms with Gasteiger partial charge in [0.1, 0.15) is 16.9 Å². The van der Waals surface area contributed by atoms with Crippen LogP contribution < -0.4 is 9.64 Å². The van der Waals surface area contributed by atoms with Crippen molar-refractivity contribution in [3.63, 3.8) is 0 Å². The molecular weight excluding hydrogens is 334 g/mol. The first-order valence-electron chi connectivity index (χ1n) is 8.43. The standard InChI is InChI=1S/C18H21N5O3/c1-6-7-14-19-10(2)16-18(22(11(3)24)12(4)25)20-13-8-9-15(26-5)21-17(13)23(14)16/h8-9H,6-7H2,1-5H3. The van der Waals surface area contributed by atoms with Gasteiger partial charge in [-0.1, -0.05) is 6.92 Å². The summed E-state index contributed by atoms with van der Waals surface area (Å²) in [5.74, 6) is 0.742. The lowest BCUT2D eigenvalue weighted by molar-refractivity contribution is -0.124. The van der Waals surface area contributed by atoms with Gasteiger partial charge in [-0.25, -0.2) is 14.9 Å². The van der Waals surface area contributed by atoms with Gasteiger partial charge >= 0.3 is 0 Å². The Morgan fingerprint density at radius 3 is 2.42 bits per heavy atom. The average molecular weight is 355 g/mol. The highest BCUT2D eigenvalue weighted by Crippen LogP contribution is 2.29. The molecule has 0 saturated carbocycles. The second kappa shape index (κ2) is 6.70. The Kier molecular flexibility index (Phi) is 4.58. The number of hydrogen-bond acceptors (Lipinski definition) is 6. The number of carbonyl (C=O) groups excluding carboxylic acids is 2. The molecule has 0 spiro atoms. The van der Waals surface area contributed by atoms with E-state index in [9.17, 15) is 9.59 Å². The van der Waals surface area contributed by atoms with Crippen LogP contribution in [0.4, 0.5) is 5.82 Å². The Hall–Kier alpha value is -3.03. The number of hydrogen-bond donors (Lipinski definition) is 0. The topological polar surface area (TPSA) is 89.7 Å². The van der Waals surface area contributed by atoms with Gasteiger partial charge in [-0.3, -0.25) is 14.0 Å². The van der Waals surface area contributed by atoms with Gasteiger partial charge in [0, 0.05) is 26.3 Å². The number of aromatic nitrogens is 4. The van der Waals surface area contributed by atoms with Crippen LogP contribution in [-0.2, 0) is 16.0 Å². The van der Waals surface area contributed by atoms with Gasteiger partial charge in [-0.15, -0.1) is 0 Å². The third-order valence-electron chi connectivity index (χ3n) is 4.12. The van der Waals surface area contributed by atoms with Crippen molar-refractivity contribution < 1.29 is 14.3 Å². The molecule has 8 heteroatoms. The maximum atomic E-state index is 12.1. The first kappa shape index (κ1) is 17.8. The molecule has 3 aromatic rings. The van der Waals surface area contributed by atoms with Crippen LogP contribution in [0.3, 0.4) is 0 Å². The van der Waals surface area contributed by atoms with Gasteiger partial charge in [0.25, 0.3) is 0 Å². The lowest BCUT2D eigenvalue weighted by atomic mass is 10.3. The average Bonchev–Trinajstić information content (AvgIpc) is 2.91. The minimum Gasteiger partial charge on any atom is -0.481 e. The summed E-state index contributed by atoms with van der Waals surface area (Å²) in [5.41, 5.74) is 2.43. The van der Waals surface area contributed by atoms with E-state index in [-0.39, 0.29) is 5.82 Å². The van der Waals surface area contributed by atoms with Crippen LogP contribution in [0.1, 0.15) is 38.7 Å². The molecule has 0 saturated heterocycles. The highest BCUT2D eigenvalue weighted by atomic mass is 16.5. The summed E-state index contributed by atoms with van der Waals surface area (Å²) in [7, 11) is 1.55. The summed E-state index contributed by atoms with van der Waals surface area (Å²) in [6, 6.07) is 3.45. The minimum absolute atomic E-state index is 0.275. The normalized spacial score (nSPS) is 11.1. The number of ether oxygens (including phenoxy) is 1. The second-order valence-corrected chi connectivity index (χ2v) is 6.05. The first-order chi connectivity index (χ1) is 12.4. The van der Waals surface area contributed by atoms with Crippen LogP contribution in [-0.4, -0.2) is 38.3 Å². The largest absolute Gasteiger partial charge is 0.481 e. The van der Waals surface area contributed by atoms with Crippen molar-refractivity contribution >= 4 is 34.3 Å².